The summed E-state index contributed by atoms with van der Waals surface area (Å²) in [7, 11) is 1.52. The lowest BCUT2D eigenvalue weighted by molar-refractivity contribution is -0.118. The van der Waals surface area contributed by atoms with Crippen molar-refractivity contribution in [2.45, 2.75) is 25.3 Å². The van der Waals surface area contributed by atoms with Gasteiger partial charge in [-0.2, -0.15) is 0 Å². The molecule has 8 heteroatoms. The second-order valence-corrected chi connectivity index (χ2v) is 6.06. The van der Waals surface area contributed by atoms with Gasteiger partial charge in [-0.25, -0.2) is 9.97 Å². The molecule has 132 valence electrons. The number of nitrogens with zero attached hydrogens (tertiary/aromatic N) is 4. The summed E-state index contributed by atoms with van der Waals surface area (Å²) in [5, 5.41) is 0. The van der Waals surface area contributed by atoms with E-state index in [9.17, 15) is 9.59 Å². The molecule has 3 rings (SSSR count). The summed E-state index contributed by atoms with van der Waals surface area (Å²) in [6.45, 7) is 1.34. The number of hydrogen-bond donors (Lipinski definition) is 1. The predicted octanol–water partition coefficient (Wildman–Crippen LogP) is 0.792. The summed E-state index contributed by atoms with van der Waals surface area (Å²) in [6.07, 6.45) is 6.76. The number of ether oxygens (including phenoxy) is 1. The van der Waals surface area contributed by atoms with Crippen LogP contribution in [-0.4, -0.2) is 51.4 Å². The van der Waals surface area contributed by atoms with Crippen molar-refractivity contribution in [2.75, 3.05) is 20.2 Å². The van der Waals surface area contributed by atoms with Crippen LogP contribution < -0.4 is 10.5 Å². The maximum atomic E-state index is 12.8. The number of piperidine rings is 1. The highest BCUT2D eigenvalue weighted by atomic mass is 16.5. The molecule has 1 fully saturated rings. The Labute approximate surface area is 145 Å². The number of nitrogens with two attached hydrogens (primary N) is 1. The van der Waals surface area contributed by atoms with E-state index in [0.717, 1.165) is 18.7 Å². The lowest BCUT2D eigenvalue weighted by Gasteiger charge is -2.32. The van der Waals surface area contributed by atoms with Crippen molar-refractivity contribution >= 4 is 11.8 Å². The Morgan fingerprint density at radius 1 is 1.36 bits per heavy atom. The van der Waals surface area contributed by atoms with Crippen molar-refractivity contribution in [1.82, 2.24) is 19.4 Å². The SMILES string of the molecule is COc1cc(C(=O)N2CCC[C@H](c3nccn3CC(N)=O)C2)ccn1. The number of aromatic nitrogens is 3. The quantitative estimate of drug-likeness (QED) is 0.864. The molecule has 3 heterocycles. The fraction of sp³-hybridized carbons (Fsp3) is 0.412. The van der Waals surface area contributed by atoms with Gasteiger partial charge in [0, 0.05) is 49.2 Å². The highest BCUT2D eigenvalue weighted by Gasteiger charge is 2.28. The number of methoxy groups -OCH3 is 1. The molecule has 0 unspecified atom stereocenters. The molecule has 1 aliphatic heterocycles. The van der Waals surface area contributed by atoms with Crippen molar-refractivity contribution in [2.24, 2.45) is 5.73 Å². The van der Waals surface area contributed by atoms with Gasteiger partial charge in [-0.1, -0.05) is 0 Å². The third-order valence-corrected chi connectivity index (χ3v) is 4.34. The van der Waals surface area contributed by atoms with Gasteiger partial charge in [0.05, 0.1) is 7.11 Å². The molecule has 2 aromatic rings. The van der Waals surface area contributed by atoms with Gasteiger partial charge in [0.1, 0.15) is 12.4 Å². The largest absolute Gasteiger partial charge is 0.481 e. The number of hydrogen-bond acceptors (Lipinski definition) is 5. The topological polar surface area (TPSA) is 103 Å². The normalized spacial score (nSPS) is 17.3. The van der Waals surface area contributed by atoms with Crippen LogP contribution in [-0.2, 0) is 11.3 Å². The molecule has 2 N–H and O–H groups in total. The Bertz CT molecular complexity index is 773. The summed E-state index contributed by atoms with van der Waals surface area (Å²) in [6, 6.07) is 3.32. The van der Waals surface area contributed by atoms with Crippen LogP contribution in [0.25, 0.3) is 0 Å². The van der Waals surface area contributed by atoms with Crippen molar-refractivity contribution < 1.29 is 14.3 Å². The molecule has 0 aromatic carbocycles. The summed E-state index contributed by atoms with van der Waals surface area (Å²) in [5.74, 6) is 0.820. The second-order valence-electron chi connectivity index (χ2n) is 6.06. The van der Waals surface area contributed by atoms with Gasteiger partial charge in [0.15, 0.2) is 0 Å². The van der Waals surface area contributed by atoms with Gasteiger partial charge in [-0.05, 0) is 18.9 Å². The second kappa shape index (κ2) is 7.33. The molecule has 0 aliphatic carbocycles. The average Bonchev–Trinajstić information content (AvgIpc) is 3.08. The Morgan fingerprint density at radius 3 is 2.96 bits per heavy atom. The fourth-order valence-electron chi connectivity index (χ4n) is 3.19. The number of rotatable bonds is 5. The van der Waals surface area contributed by atoms with Crippen molar-refractivity contribution in [3.05, 3.63) is 42.1 Å². The van der Waals surface area contributed by atoms with E-state index in [1.807, 2.05) is 4.90 Å². The van der Waals surface area contributed by atoms with Crippen molar-refractivity contribution in [3.63, 3.8) is 0 Å². The summed E-state index contributed by atoms with van der Waals surface area (Å²) in [4.78, 5) is 34.2. The van der Waals surface area contributed by atoms with Crippen molar-refractivity contribution in [1.29, 1.82) is 0 Å². The van der Waals surface area contributed by atoms with Gasteiger partial charge in [0.25, 0.3) is 5.91 Å². The molecular formula is C17H21N5O3. The molecule has 0 saturated carbocycles. The molecule has 8 nitrogen and oxygen atoms in total. The number of carbonyl (C=O) groups is 2. The highest BCUT2D eigenvalue weighted by Crippen LogP contribution is 2.27. The van der Waals surface area contributed by atoms with Crippen LogP contribution in [0.4, 0.5) is 0 Å². The molecule has 0 bridgehead atoms. The molecule has 0 radical (unpaired) electrons. The van der Waals surface area contributed by atoms with Crippen LogP contribution >= 0.6 is 0 Å². The van der Waals surface area contributed by atoms with E-state index in [-0.39, 0.29) is 18.4 Å². The number of likely N-dealkylation sites (tertiary alicyclic amines) is 1. The van der Waals surface area contributed by atoms with Crippen LogP contribution in [0.2, 0.25) is 0 Å². The van der Waals surface area contributed by atoms with Crippen molar-refractivity contribution in [3.8, 4) is 5.88 Å². The zero-order valence-electron chi connectivity index (χ0n) is 14.1. The molecule has 1 atom stereocenters. The lowest BCUT2D eigenvalue weighted by Crippen LogP contribution is -2.40. The van der Waals surface area contributed by atoms with E-state index in [1.54, 1.807) is 35.3 Å². The fourth-order valence-corrected chi connectivity index (χ4v) is 3.19. The smallest absolute Gasteiger partial charge is 0.254 e. The molecular weight excluding hydrogens is 322 g/mol. The number of imidazole rings is 1. The molecule has 25 heavy (non-hydrogen) atoms. The number of primary amides is 1. The molecule has 1 saturated heterocycles. The maximum Gasteiger partial charge on any atom is 0.254 e. The van der Waals surface area contributed by atoms with E-state index in [4.69, 9.17) is 10.5 Å². The monoisotopic (exact) mass is 343 g/mol. The Kier molecular flexibility index (Phi) is 4.97. The Balaban J connectivity index is 1.76. The summed E-state index contributed by atoms with van der Waals surface area (Å²) in [5.41, 5.74) is 5.84. The van der Waals surface area contributed by atoms with Gasteiger partial charge < -0.3 is 19.9 Å². The third-order valence-electron chi connectivity index (χ3n) is 4.34. The maximum absolute atomic E-state index is 12.8. The van der Waals surface area contributed by atoms with E-state index in [0.29, 0.717) is 24.5 Å². The van der Waals surface area contributed by atoms with E-state index >= 15 is 0 Å². The number of carbonyl (C=O) groups excluding carboxylic acids is 2. The molecule has 2 amide bonds. The van der Waals surface area contributed by atoms with E-state index in [1.165, 1.54) is 7.11 Å². The minimum atomic E-state index is -0.410. The van der Waals surface area contributed by atoms with Gasteiger partial charge >= 0.3 is 0 Å². The summed E-state index contributed by atoms with van der Waals surface area (Å²) >= 11 is 0. The Morgan fingerprint density at radius 2 is 2.20 bits per heavy atom. The minimum Gasteiger partial charge on any atom is -0.481 e. The number of amides is 2. The van der Waals surface area contributed by atoms with Crippen LogP contribution in [0.1, 0.15) is 34.9 Å². The summed E-state index contributed by atoms with van der Waals surface area (Å²) < 4.78 is 6.85. The minimum absolute atomic E-state index is 0.0570. The third kappa shape index (κ3) is 3.78. The highest BCUT2D eigenvalue weighted by molar-refractivity contribution is 5.94. The first-order chi connectivity index (χ1) is 12.1. The average molecular weight is 343 g/mol. The first kappa shape index (κ1) is 16.9. The van der Waals surface area contributed by atoms with Gasteiger partial charge in [-0.3, -0.25) is 9.59 Å². The molecule has 2 aromatic heterocycles. The van der Waals surface area contributed by atoms with Crippen LogP contribution in [0.3, 0.4) is 0 Å². The van der Waals surface area contributed by atoms with Gasteiger partial charge in [-0.15, -0.1) is 0 Å². The first-order valence-corrected chi connectivity index (χ1v) is 8.17. The van der Waals surface area contributed by atoms with Crippen LogP contribution in [0.5, 0.6) is 5.88 Å². The predicted molar refractivity (Wildman–Crippen MR) is 90.1 cm³/mol. The number of pyridine rings is 1. The van der Waals surface area contributed by atoms with Gasteiger partial charge in [0.2, 0.25) is 11.8 Å². The zero-order valence-corrected chi connectivity index (χ0v) is 14.1. The van der Waals surface area contributed by atoms with Crippen LogP contribution in [0.15, 0.2) is 30.7 Å². The molecule has 0 spiro atoms. The van der Waals surface area contributed by atoms with E-state index < -0.39 is 5.91 Å². The lowest BCUT2D eigenvalue weighted by atomic mass is 9.96. The standard InChI is InChI=1S/C17H21N5O3/c1-25-15-9-12(4-5-19-15)17(24)22-7-2-3-13(10-22)16-20-6-8-21(16)11-14(18)23/h4-6,8-9,13H,2-3,7,10-11H2,1H3,(H2,18,23)/t13-/m0/s1. The first-order valence-electron chi connectivity index (χ1n) is 8.17. The Hall–Kier alpha value is -2.90. The molecule has 1 aliphatic rings. The van der Waals surface area contributed by atoms with E-state index in [2.05, 4.69) is 9.97 Å². The van der Waals surface area contributed by atoms with Crippen LogP contribution in [0, 0.1) is 0 Å². The zero-order chi connectivity index (χ0) is 17.8.